The molecule has 2 aliphatic rings. The van der Waals surface area contributed by atoms with E-state index in [-0.39, 0.29) is 18.8 Å². The van der Waals surface area contributed by atoms with E-state index in [1.807, 2.05) is 57.2 Å². The van der Waals surface area contributed by atoms with Crippen LogP contribution in [0.3, 0.4) is 0 Å². The topological polar surface area (TPSA) is 84.9 Å². The van der Waals surface area contributed by atoms with Crippen LogP contribution in [-0.2, 0) is 29.0 Å². The lowest BCUT2D eigenvalue weighted by molar-refractivity contribution is 0.0222. The van der Waals surface area contributed by atoms with Gasteiger partial charge >= 0.3 is 12.2 Å². The predicted octanol–water partition coefficient (Wildman–Crippen LogP) is 4.20. The molecule has 2 aromatic rings. The summed E-state index contributed by atoms with van der Waals surface area (Å²) in [6, 6.07) is 9.64. The van der Waals surface area contributed by atoms with Gasteiger partial charge in [0.05, 0.1) is 12.2 Å². The molecule has 2 amide bonds. The molecule has 1 aromatic carbocycles. The third kappa shape index (κ3) is 5.88. The van der Waals surface area contributed by atoms with Gasteiger partial charge in [-0.15, -0.1) is 0 Å². The molecule has 0 bridgehead atoms. The molecule has 0 radical (unpaired) electrons. The van der Waals surface area contributed by atoms with Crippen molar-refractivity contribution in [3.63, 3.8) is 0 Å². The molecule has 0 N–H and O–H groups in total. The van der Waals surface area contributed by atoms with Gasteiger partial charge in [0.2, 0.25) is 0 Å². The highest BCUT2D eigenvalue weighted by Crippen LogP contribution is 2.24. The second-order valence-electron chi connectivity index (χ2n) is 9.28. The van der Waals surface area contributed by atoms with Crippen molar-refractivity contribution < 1.29 is 19.1 Å². The van der Waals surface area contributed by atoms with E-state index >= 15 is 0 Å². The smallest absolute Gasteiger partial charge is 0.410 e. The maximum absolute atomic E-state index is 12.4. The molecule has 0 spiro atoms. The van der Waals surface area contributed by atoms with Crippen LogP contribution < -0.4 is 0 Å². The van der Waals surface area contributed by atoms with Crippen molar-refractivity contribution in [1.29, 1.82) is 0 Å². The Morgan fingerprint density at radius 2 is 1.79 bits per heavy atom. The normalized spacial score (nSPS) is 16.0. The van der Waals surface area contributed by atoms with E-state index in [4.69, 9.17) is 14.5 Å². The fraction of sp³-hybridized carbons (Fsp3) is 0.440. The molecule has 3 heterocycles. The van der Waals surface area contributed by atoms with E-state index in [1.54, 1.807) is 16.0 Å². The minimum absolute atomic E-state index is 0.265. The van der Waals surface area contributed by atoms with E-state index in [0.717, 1.165) is 22.4 Å². The van der Waals surface area contributed by atoms with Crippen LogP contribution in [0, 0.1) is 0 Å². The minimum atomic E-state index is -0.521. The first-order valence-electron chi connectivity index (χ1n) is 11.3. The molecule has 1 aromatic heterocycles. The van der Waals surface area contributed by atoms with Gasteiger partial charge in [0.25, 0.3) is 0 Å². The highest BCUT2D eigenvalue weighted by atomic mass is 16.6. The highest BCUT2D eigenvalue weighted by Gasteiger charge is 2.27. The van der Waals surface area contributed by atoms with Crippen LogP contribution >= 0.6 is 0 Å². The minimum Gasteiger partial charge on any atom is -0.445 e. The molecule has 8 nitrogen and oxygen atoms in total. The molecule has 0 saturated heterocycles. The van der Waals surface area contributed by atoms with E-state index in [1.165, 1.54) is 0 Å². The summed E-state index contributed by atoms with van der Waals surface area (Å²) >= 11 is 0. The van der Waals surface area contributed by atoms with Gasteiger partial charge in [-0.2, -0.15) is 0 Å². The van der Waals surface area contributed by atoms with Crippen molar-refractivity contribution in [3.8, 4) is 0 Å². The summed E-state index contributed by atoms with van der Waals surface area (Å²) < 4.78 is 10.9. The summed E-state index contributed by atoms with van der Waals surface area (Å²) in [5, 5.41) is 0. The number of benzene rings is 1. The number of nitrogens with zero attached hydrogens (tertiary/aromatic N) is 4. The monoisotopic (exact) mass is 450 g/mol. The number of carbonyl (C=O) groups excluding carboxylic acids is 2. The summed E-state index contributed by atoms with van der Waals surface area (Å²) in [6.07, 6.45) is 4.49. The summed E-state index contributed by atoms with van der Waals surface area (Å²) in [6.45, 7) is 7.90. The number of amides is 2. The molecule has 8 heteroatoms. The van der Waals surface area contributed by atoms with Gasteiger partial charge in [0, 0.05) is 37.8 Å². The van der Waals surface area contributed by atoms with Gasteiger partial charge in [-0.05, 0) is 38.3 Å². The Labute approximate surface area is 194 Å². The largest absolute Gasteiger partial charge is 0.445 e. The van der Waals surface area contributed by atoms with E-state index in [9.17, 15) is 9.59 Å². The lowest BCUT2D eigenvalue weighted by Gasteiger charge is -2.31. The summed E-state index contributed by atoms with van der Waals surface area (Å²) in [7, 11) is 0. The zero-order valence-corrected chi connectivity index (χ0v) is 19.4. The lowest BCUT2D eigenvalue weighted by Crippen LogP contribution is -2.40. The molecule has 2 aliphatic heterocycles. The molecule has 0 atom stereocenters. The molecule has 33 heavy (non-hydrogen) atoms. The maximum Gasteiger partial charge on any atom is 0.410 e. The van der Waals surface area contributed by atoms with Gasteiger partial charge < -0.3 is 19.3 Å². The molecule has 174 valence electrons. The molecule has 0 fully saturated rings. The fourth-order valence-electron chi connectivity index (χ4n) is 3.80. The number of hydrogen-bond donors (Lipinski definition) is 0. The molecule has 0 saturated carbocycles. The molecule has 4 rings (SSSR count). The molecular weight excluding hydrogens is 420 g/mol. The molecular formula is C25H30N4O4. The number of ether oxygens (including phenoxy) is 2. The number of fused-ring (bicyclic) bond motifs is 1. The standard InChI is InChI=1S/C25H30N4O4/c1-25(2,3)33-24(31)29-14-11-21-20(16-29)15-26-22(27-21)19-9-12-28(13-10-19)23(30)32-17-18-7-5-4-6-8-18/h4-9,15H,10-14,16-17H2,1-3H3. The highest BCUT2D eigenvalue weighted by molar-refractivity contribution is 5.71. The first-order chi connectivity index (χ1) is 15.8. The van der Waals surface area contributed by atoms with Crippen molar-refractivity contribution in [1.82, 2.24) is 19.8 Å². The number of rotatable bonds is 3. The third-order valence-electron chi connectivity index (χ3n) is 5.55. The first-order valence-corrected chi connectivity index (χ1v) is 11.3. The SMILES string of the molecule is CC(C)(C)OC(=O)N1CCc2nc(C3=CCN(C(=O)OCc4ccccc4)CC3)ncc2C1. The summed E-state index contributed by atoms with van der Waals surface area (Å²) in [5.74, 6) is 0.691. The average molecular weight is 451 g/mol. The Kier molecular flexibility index (Phi) is 6.62. The second kappa shape index (κ2) is 9.60. The van der Waals surface area contributed by atoms with Crippen molar-refractivity contribution in [2.45, 2.75) is 52.4 Å². The van der Waals surface area contributed by atoms with Crippen LogP contribution in [0.15, 0.2) is 42.6 Å². The molecule has 0 aliphatic carbocycles. The zero-order valence-electron chi connectivity index (χ0n) is 19.4. The van der Waals surface area contributed by atoms with Crippen molar-refractivity contribution in [2.75, 3.05) is 19.6 Å². The first kappa shape index (κ1) is 22.8. The van der Waals surface area contributed by atoms with Crippen molar-refractivity contribution in [2.24, 2.45) is 0 Å². The Morgan fingerprint density at radius 3 is 2.48 bits per heavy atom. The van der Waals surface area contributed by atoms with Gasteiger partial charge in [0.1, 0.15) is 12.2 Å². The van der Waals surface area contributed by atoms with Gasteiger partial charge in [0.15, 0.2) is 5.82 Å². The van der Waals surface area contributed by atoms with Crippen LogP contribution in [0.1, 0.15) is 49.8 Å². The van der Waals surface area contributed by atoms with Crippen molar-refractivity contribution >= 4 is 17.8 Å². The van der Waals surface area contributed by atoms with Crippen LogP contribution in [-0.4, -0.2) is 57.2 Å². The van der Waals surface area contributed by atoms with Crippen molar-refractivity contribution in [3.05, 3.63) is 65.2 Å². The maximum atomic E-state index is 12.4. The molecule has 0 unspecified atom stereocenters. The summed E-state index contributed by atoms with van der Waals surface area (Å²) in [4.78, 5) is 37.4. The quantitative estimate of drug-likeness (QED) is 0.697. The van der Waals surface area contributed by atoms with E-state index in [0.29, 0.717) is 44.8 Å². The second-order valence-corrected chi connectivity index (χ2v) is 9.28. The number of aromatic nitrogens is 2. The number of hydrogen-bond acceptors (Lipinski definition) is 6. The Hall–Kier alpha value is -3.42. The number of carbonyl (C=O) groups is 2. The average Bonchev–Trinajstić information content (AvgIpc) is 2.81. The Bertz CT molecular complexity index is 1050. The van der Waals surface area contributed by atoms with Crippen LogP contribution in [0.2, 0.25) is 0 Å². The van der Waals surface area contributed by atoms with Crippen LogP contribution in [0.25, 0.3) is 5.57 Å². The third-order valence-corrected chi connectivity index (χ3v) is 5.55. The van der Waals surface area contributed by atoms with E-state index in [2.05, 4.69) is 4.98 Å². The fourth-order valence-corrected chi connectivity index (χ4v) is 3.80. The van der Waals surface area contributed by atoms with Crippen LogP contribution in [0.4, 0.5) is 9.59 Å². The van der Waals surface area contributed by atoms with E-state index < -0.39 is 5.60 Å². The van der Waals surface area contributed by atoms with Gasteiger partial charge in [-0.25, -0.2) is 19.6 Å². The Morgan fingerprint density at radius 1 is 1.03 bits per heavy atom. The van der Waals surface area contributed by atoms with Crippen LogP contribution in [0.5, 0.6) is 0 Å². The lowest BCUT2D eigenvalue weighted by atomic mass is 10.0. The van der Waals surface area contributed by atoms with Gasteiger partial charge in [-0.3, -0.25) is 0 Å². The summed E-state index contributed by atoms with van der Waals surface area (Å²) in [5.41, 5.74) is 3.38. The van der Waals surface area contributed by atoms with Gasteiger partial charge in [-0.1, -0.05) is 36.4 Å². The Balaban J connectivity index is 1.34. The predicted molar refractivity (Wildman–Crippen MR) is 123 cm³/mol. The zero-order chi connectivity index (χ0) is 23.4.